The van der Waals surface area contributed by atoms with Crippen LogP contribution in [0.5, 0.6) is 0 Å². The van der Waals surface area contributed by atoms with E-state index in [1.165, 1.54) is 19.3 Å². The lowest BCUT2D eigenvalue weighted by molar-refractivity contribution is -0.125. The van der Waals surface area contributed by atoms with Crippen molar-refractivity contribution in [3.63, 3.8) is 0 Å². The Hall–Kier alpha value is -2.24. The number of aromatic nitrogens is 4. The van der Waals surface area contributed by atoms with Gasteiger partial charge in [0.1, 0.15) is 0 Å². The summed E-state index contributed by atoms with van der Waals surface area (Å²) < 4.78 is 1.97. The van der Waals surface area contributed by atoms with Crippen molar-refractivity contribution in [3.8, 4) is 11.6 Å². The summed E-state index contributed by atoms with van der Waals surface area (Å²) in [5.74, 6) is 1.73. The Kier molecular flexibility index (Phi) is 4.78. The number of amides is 1. The highest BCUT2D eigenvalue weighted by atomic mass is 16.1. The summed E-state index contributed by atoms with van der Waals surface area (Å²) in [6, 6.07) is 1.78. The van der Waals surface area contributed by atoms with Gasteiger partial charge in [-0.2, -0.15) is 0 Å². The highest BCUT2D eigenvalue weighted by molar-refractivity contribution is 5.78. The third-order valence-corrected chi connectivity index (χ3v) is 4.11. The van der Waals surface area contributed by atoms with Crippen molar-refractivity contribution in [3.05, 3.63) is 30.9 Å². The Morgan fingerprint density at radius 3 is 2.68 bits per heavy atom. The van der Waals surface area contributed by atoms with Gasteiger partial charge in [0.05, 0.1) is 0 Å². The largest absolute Gasteiger partial charge is 0.354 e. The Morgan fingerprint density at radius 1 is 1.14 bits per heavy atom. The van der Waals surface area contributed by atoms with Gasteiger partial charge >= 0.3 is 0 Å². The summed E-state index contributed by atoms with van der Waals surface area (Å²) >= 11 is 0. The van der Waals surface area contributed by atoms with E-state index in [0.717, 1.165) is 18.7 Å². The van der Waals surface area contributed by atoms with E-state index in [1.807, 2.05) is 10.8 Å². The Labute approximate surface area is 130 Å². The van der Waals surface area contributed by atoms with E-state index in [2.05, 4.69) is 20.3 Å². The fraction of sp³-hybridized carbons (Fsp3) is 0.500. The molecule has 2 heterocycles. The molecule has 2 aromatic heterocycles. The van der Waals surface area contributed by atoms with Crippen LogP contribution in [0.4, 0.5) is 0 Å². The molecule has 116 valence electrons. The summed E-state index contributed by atoms with van der Waals surface area (Å²) in [6.45, 7) is 1.28. The van der Waals surface area contributed by atoms with E-state index in [4.69, 9.17) is 0 Å². The van der Waals surface area contributed by atoms with Crippen molar-refractivity contribution in [1.82, 2.24) is 24.8 Å². The number of rotatable bonds is 5. The fourth-order valence-corrected chi connectivity index (χ4v) is 2.92. The minimum Gasteiger partial charge on any atom is -0.354 e. The van der Waals surface area contributed by atoms with Crippen LogP contribution in [0.2, 0.25) is 0 Å². The average Bonchev–Trinajstić information content (AvgIpc) is 3.05. The quantitative estimate of drug-likeness (QED) is 0.917. The maximum Gasteiger partial charge on any atom is 0.223 e. The highest BCUT2D eigenvalue weighted by Gasteiger charge is 2.20. The topological polar surface area (TPSA) is 72.7 Å². The van der Waals surface area contributed by atoms with E-state index in [1.54, 1.807) is 24.7 Å². The number of hydrogen-bond acceptors (Lipinski definition) is 4. The molecule has 1 aliphatic carbocycles. The monoisotopic (exact) mass is 299 g/mol. The van der Waals surface area contributed by atoms with Gasteiger partial charge in [0.15, 0.2) is 11.6 Å². The molecule has 2 aromatic rings. The molecule has 0 radical (unpaired) electrons. The van der Waals surface area contributed by atoms with Gasteiger partial charge < -0.3 is 9.88 Å². The zero-order valence-corrected chi connectivity index (χ0v) is 12.6. The highest BCUT2D eigenvalue weighted by Crippen LogP contribution is 2.23. The normalized spacial score (nSPS) is 15.6. The Morgan fingerprint density at radius 2 is 1.91 bits per heavy atom. The second kappa shape index (κ2) is 7.15. The minimum atomic E-state index is 0.192. The molecule has 0 spiro atoms. The van der Waals surface area contributed by atoms with Crippen LogP contribution in [0.15, 0.2) is 30.9 Å². The summed E-state index contributed by atoms with van der Waals surface area (Å²) in [7, 11) is 0. The van der Waals surface area contributed by atoms with Crippen LogP contribution < -0.4 is 5.32 Å². The second-order valence-corrected chi connectivity index (χ2v) is 5.64. The molecule has 0 aromatic carbocycles. The first-order valence-corrected chi connectivity index (χ1v) is 7.91. The zero-order chi connectivity index (χ0) is 15.2. The molecule has 0 atom stereocenters. The van der Waals surface area contributed by atoms with E-state index >= 15 is 0 Å². The molecule has 0 unspecified atom stereocenters. The molecule has 3 rings (SSSR count). The SMILES string of the molecule is O=C(NCCn1ccnc1-c1ncccn1)C1CCCCC1. The molecule has 0 saturated heterocycles. The number of hydrogen-bond donors (Lipinski definition) is 1. The van der Waals surface area contributed by atoms with Gasteiger partial charge in [0.2, 0.25) is 5.91 Å². The van der Waals surface area contributed by atoms with E-state index in [-0.39, 0.29) is 11.8 Å². The summed E-state index contributed by atoms with van der Waals surface area (Å²) in [5, 5.41) is 3.04. The van der Waals surface area contributed by atoms with Crippen molar-refractivity contribution in [1.29, 1.82) is 0 Å². The third kappa shape index (κ3) is 3.50. The zero-order valence-electron chi connectivity index (χ0n) is 12.6. The molecule has 0 bridgehead atoms. The number of imidazole rings is 1. The third-order valence-electron chi connectivity index (χ3n) is 4.11. The Balaban J connectivity index is 1.54. The number of nitrogens with zero attached hydrogens (tertiary/aromatic N) is 4. The van der Waals surface area contributed by atoms with Gasteiger partial charge in [-0.25, -0.2) is 15.0 Å². The molecule has 6 heteroatoms. The summed E-state index contributed by atoms with van der Waals surface area (Å²) in [5.41, 5.74) is 0. The van der Waals surface area contributed by atoms with Crippen LogP contribution in [0, 0.1) is 5.92 Å². The van der Waals surface area contributed by atoms with Crippen molar-refractivity contribution in [2.75, 3.05) is 6.54 Å². The van der Waals surface area contributed by atoms with Gasteiger partial charge in [-0.15, -0.1) is 0 Å². The first kappa shape index (κ1) is 14.7. The van der Waals surface area contributed by atoms with Gasteiger partial charge in [-0.3, -0.25) is 4.79 Å². The predicted octanol–water partition coefficient (Wildman–Crippen LogP) is 2.04. The molecule has 6 nitrogen and oxygen atoms in total. The van der Waals surface area contributed by atoms with E-state index in [9.17, 15) is 4.79 Å². The second-order valence-electron chi connectivity index (χ2n) is 5.64. The van der Waals surface area contributed by atoms with Gasteiger partial charge in [-0.1, -0.05) is 19.3 Å². The lowest BCUT2D eigenvalue weighted by Gasteiger charge is -2.20. The van der Waals surface area contributed by atoms with Crippen molar-refractivity contribution in [2.45, 2.75) is 38.6 Å². The number of carbonyl (C=O) groups excluding carboxylic acids is 1. The smallest absolute Gasteiger partial charge is 0.223 e. The van der Waals surface area contributed by atoms with E-state index < -0.39 is 0 Å². The first-order chi connectivity index (χ1) is 10.8. The minimum absolute atomic E-state index is 0.192. The summed E-state index contributed by atoms with van der Waals surface area (Å²) in [4.78, 5) is 24.9. The number of carbonyl (C=O) groups is 1. The standard InChI is InChI=1S/C16H21N5O/c22-16(13-5-2-1-3-6-13)20-10-12-21-11-9-19-15(21)14-17-7-4-8-18-14/h4,7-9,11,13H,1-3,5-6,10,12H2,(H,20,22). The average molecular weight is 299 g/mol. The van der Waals surface area contributed by atoms with Crippen LogP contribution in [0.25, 0.3) is 11.6 Å². The van der Waals surface area contributed by atoms with Crippen LogP contribution in [-0.2, 0) is 11.3 Å². The molecule has 1 saturated carbocycles. The molecular weight excluding hydrogens is 278 g/mol. The van der Waals surface area contributed by atoms with Crippen LogP contribution >= 0.6 is 0 Å². The van der Waals surface area contributed by atoms with Crippen molar-refractivity contribution < 1.29 is 4.79 Å². The summed E-state index contributed by atoms with van der Waals surface area (Å²) in [6.07, 6.45) is 12.7. The van der Waals surface area contributed by atoms with Gasteiger partial charge in [-0.05, 0) is 18.9 Å². The number of nitrogens with one attached hydrogen (secondary N) is 1. The maximum atomic E-state index is 12.1. The van der Waals surface area contributed by atoms with Gasteiger partial charge in [0.25, 0.3) is 0 Å². The van der Waals surface area contributed by atoms with Crippen molar-refractivity contribution >= 4 is 5.91 Å². The Bertz CT molecular complexity index is 604. The molecular formula is C16H21N5O. The molecule has 1 aliphatic rings. The predicted molar refractivity (Wildman–Crippen MR) is 82.8 cm³/mol. The van der Waals surface area contributed by atoms with Crippen LogP contribution in [-0.4, -0.2) is 32.0 Å². The maximum absolute atomic E-state index is 12.1. The molecule has 1 fully saturated rings. The van der Waals surface area contributed by atoms with Crippen molar-refractivity contribution in [2.24, 2.45) is 5.92 Å². The molecule has 0 aliphatic heterocycles. The lowest BCUT2D eigenvalue weighted by atomic mass is 9.89. The van der Waals surface area contributed by atoms with Crippen LogP contribution in [0.1, 0.15) is 32.1 Å². The fourth-order valence-electron chi connectivity index (χ4n) is 2.92. The molecule has 1 amide bonds. The van der Waals surface area contributed by atoms with E-state index in [0.29, 0.717) is 18.9 Å². The van der Waals surface area contributed by atoms with Crippen LogP contribution in [0.3, 0.4) is 0 Å². The first-order valence-electron chi connectivity index (χ1n) is 7.91. The molecule has 1 N–H and O–H groups in total. The lowest BCUT2D eigenvalue weighted by Crippen LogP contribution is -2.34. The van der Waals surface area contributed by atoms with Gasteiger partial charge in [0, 0.05) is 43.8 Å². The molecule has 22 heavy (non-hydrogen) atoms.